The molecule has 19 heavy (non-hydrogen) atoms. The molecule has 0 unspecified atom stereocenters. The fourth-order valence-corrected chi connectivity index (χ4v) is 3.58. The Labute approximate surface area is 137 Å². The lowest BCUT2D eigenvalue weighted by atomic mass is 10.1. The predicted octanol–water partition coefficient (Wildman–Crippen LogP) is 5.16. The minimum Gasteiger partial charge on any atom is -0.383 e. The molecule has 0 spiro atoms. The third-order valence-corrected chi connectivity index (χ3v) is 5.75. The lowest BCUT2D eigenvalue weighted by Gasteiger charge is -2.09. The van der Waals surface area contributed by atoms with Crippen LogP contribution in [0.5, 0.6) is 0 Å². The average Bonchev–Trinajstić information content (AvgIpc) is 2.65. The molecule has 2 aromatic rings. The summed E-state index contributed by atoms with van der Waals surface area (Å²) in [6, 6.07) is 1.91. The molecule has 7 heteroatoms. The highest BCUT2D eigenvalue weighted by atomic mass is 79.9. The number of nitrogen functional groups attached to an aromatic ring is 1. The van der Waals surface area contributed by atoms with Crippen LogP contribution in [0, 0.1) is 5.92 Å². The van der Waals surface area contributed by atoms with Gasteiger partial charge in [-0.25, -0.2) is 9.97 Å². The van der Waals surface area contributed by atoms with Gasteiger partial charge in [0.1, 0.15) is 10.2 Å². The van der Waals surface area contributed by atoms with Gasteiger partial charge in [-0.15, -0.1) is 11.3 Å². The molecular formula is C12H12Br2ClN3S. The first-order chi connectivity index (χ1) is 8.88. The summed E-state index contributed by atoms with van der Waals surface area (Å²) < 4.78 is 2.32. The monoisotopic (exact) mass is 423 g/mol. The Kier molecular flexibility index (Phi) is 4.87. The SMILES string of the molecule is CC(C)Cc1nc(-c2cc(Br)c(Cl)s2)nc(N)c1Br. The van der Waals surface area contributed by atoms with Crippen LogP contribution in [0.2, 0.25) is 4.34 Å². The van der Waals surface area contributed by atoms with Crippen molar-refractivity contribution in [3.8, 4) is 10.7 Å². The quantitative estimate of drug-likeness (QED) is 0.739. The van der Waals surface area contributed by atoms with Gasteiger partial charge in [0.15, 0.2) is 5.82 Å². The first-order valence-electron chi connectivity index (χ1n) is 5.65. The molecule has 2 aromatic heterocycles. The number of hydrogen-bond acceptors (Lipinski definition) is 4. The van der Waals surface area contributed by atoms with Gasteiger partial charge in [-0.1, -0.05) is 25.4 Å². The summed E-state index contributed by atoms with van der Waals surface area (Å²) in [4.78, 5) is 9.81. The molecule has 0 saturated heterocycles. The smallest absolute Gasteiger partial charge is 0.172 e. The van der Waals surface area contributed by atoms with Crippen LogP contribution in [0.1, 0.15) is 19.5 Å². The van der Waals surface area contributed by atoms with Gasteiger partial charge in [0, 0.05) is 4.47 Å². The van der Waals surface area contributed by atoms with Crippen molar-refractivity contribution in [3.05, 3.63) is 25.0 Å². The maximum Gasteiger partial charge on any atom is 0.172 e. The molecule has 0 atom stereocenters. The van der Waals surface area contributed by atoms with Gasteiger partial charge in [-0.2, -0.15) is 0 Å². The molecule has 2 N–H and O–H groups in total. The first kappa shape index (κ1) is 15.2. The maximum atomic E-state index is 6.05. The van der Waals surface area contributed by atoms with Crippen molar-refractivity contribution in [2.45, 2.75) is 20.3 Å². The van der Waals surface area contributed by atoms with E-state index in [2.05, 4.69) is 55.7 Å². The van der Waals surface area contributed by atoms with E-state index >= 15 is 0 Å². The summed E-state index contributed by atoms with van der Waals surface area (Å²) in [5.74, 6) is 1.58. The van der Waals surface area contributed by atoms with E-state index < -0.39 is 0 Å². The van der Waals surface area contributed by atoms with E-state index in [-0.39, 0.29) is 0 Å². The Morgan fingerprint density at radius 1 is 1.37 bits per heavy atom. The van der Waals surface area contributed by atoms with E-state index in [1.807, 2.05) is 6.07 Å². The number of nitrogens with zero attached hydrogens (tertiary/aromatic N) is 2. The third kappa shape index (κ3) is 3.48. The largest absolute Gasteiger partial charge is 0.383 e. The number of anilines is 1. The van der Waals surface area contributed by atoms with Crippen LogP contribution < -0.4 is 5.73 Å². The van der Waals surface area contributed by atoms with Crippen LogP contribution in [-0.2, 0) is 6.42 Å². The Morgan fingerprint density at radius 3 is 2.58 bits per heavy atom. The van der Waals surface area contributed by atoms with Crippen LogP contribution in [0.4, 0.5) is 5.82 Å². The fourth-order valence-electron chi connectivity index (χ4n) is 1.60. The van der Waals surface area contributed by atoms with Crippen LogP contribution in [0.3, 0.4) is 0 Å². The molecule has 0 bridgehead atoms. The van der Waals surface area contributed by atoms with Gasteiger partial charge < -0.3 is 5.73 Å². The Hall–Kier alpha value is -0.170. The van der Waals surface area contributed by atoms with E-state index in [1.54, 1.807) is 0 Å². The topological polar surface area (TPSA) is 51.8 Å². The van der Waals surface area contributed by atoms with Crippen molar-refractivity contribution in [3.63, 3.8) is 0 Å². The summed E-state index contributed by atoms with van der Waals surface area (Å²) in [5.41, 5.74) is 6.87. The number of nitrogens with two attached hydrogens (primary N) is 1. The zero-order chi connectivity index (χ0) is 14.2. The van der Waals surface area contributed by atoms with E-state index in [4.69, 9.17) is 17.3 Å². The van der Waals surface area contributed by atoms with Crippen molar-refractivity contribution < 1.29 is 0 Å². The second-order valence-corrected chi connectivity index (χ2v) is 7.82. The molecule has 0 aliphatic heterocycles. The number of thiophene rings is 1. The zero-order valence-electron chi connectivity index (χ0n) is 10.4. The highest BCUT2D eigenvalue weighted by molar-refractivity contribution is 9.11. The Morgan fingerprint density at radius 2 is 2.05 bits per heavy atom. The van der Waals surface area contributed by atoms with Crippen molar-refractivity contribution in [1.82, 2.24) is 9.97 Å². The summed E-state index contributed by atoms with van der Waals surface area (Å²) in [6.45, 7) is 4.28. The molecule has 0 saturated carbocycles. The normalized spacial score (nSPS) is 11.3. The molecule has 0 fully saturated rings. The average molecular weight is 426 g/mol. The number of rotatable bonds is 3. The van der Waals surface area contributed by atoms with Crippen LogP contribution in [0.15, 0.2) is 15.0 Å². The second-order valence-electron chi connectivity index (χ2n) is 4.52. The lowest BCUT2D eigenvalue weighted by Crippen LogP contribution is -2.05. The number of hydrogen-bond donors (Lipinski definition) is 1. The van der Waals surface area contributed by atoms with Crippen LogP contribution in [-0.4, -0.2) is 9.97 Å². The summed E-state index contributed by atoms with van der Waals surface area (Å²) in [7, 11) is 0. The molecule has 2 rings (SSSR count). The van der Waals surface area contributed by atoms with Crippen molar-refractivity contribution >= 4 is 60.6 Å². The molecule has 0 aromatic carbocycles. The standard InChI is InChI=1S/C12H12Br2ClN3S/c1-5(2)3-7-9(14)11(16)18-12(17-7)8-4-6(13)10(15)19-8/h4-5H,3H2,1-2H3,(H2,16,17,18). The zero-order valence-corrected chi connectivity index (χ0v) is 15.1. The third-order valence-electron chi connectivity index (χ3n) is 2.41. The van der Waals surface area contributed by atoms with E-state index in [0.29, 0.717) is 21.9 Å². The first-order valence-corrected chi connectivity index (χ1v) is 8.43. The van der Waals surface area contributed by atoms with Gasteiger partial charge in [0.05, 0.1) is 15.0 Å². The molecule has 0 amide bonds. The van der Waals surface area contributed by atoms with Crippen molar-refractivity contribution in [1.29, 1.82) is 0 Å². The van der Waals surface area contributed by atoms with E-state index in [0.717, 1.165) is 25.9 Å². The molecule has 2 heterocycles. The second kappa shape index (κ2) is 6.08. The van der Waals surface area contributed by atoms with E-state index in [9.17, 15) is 0 Å². The Bertz CT molecular complexity index is 594. The van der Waals surface area contributed by atoms with Crippen molar-refractivity contribution in [2.24, 2.45) is 5.92 Å². The minimum absolute atomic E-state index is 0.460. The van der Waals surface area contributed by atoms with Crippen molar-refractivity contribution in [2.75, 3.05) is 5.73 Å². The molecule has 102 valence electrons. The summed E-state index contributed by atoms with van der Waals surface area (Å²) in [6.07, 6.45) is 0.848. The highest BCUT2D eigenvalue weighted by Crippen LogP contribution is 2.37. The molecule has 0 aliphatic rings. The predicted molar refractivity (Wildman–Crippen MR) is 88.7 cm³/mol. The molecular weight excluding hydrogens is 413 g/mol. The van der Waals surface area contributed by atoms with Gasteiger partial charge in [-0.05, 0) is 50.3 Å². The van der Waals surface area contributed by atoms with Gasteiger partial charge in [0.25, 0.3) is 0 Å². The van der Waals surface area contributed by atoms with Gasteiger partial charge >= 0.3 is 0 Å². The van der Waals surface area contributed by atoms with Gasteiger partial charge in [-0.3, -0.25) is 0 Å². The number of aromatic nitrogens is 2. The minimum atomic E-state index is 0.460. The summed E-state index contributed by atoms with van der Waals surface area (Å²) in [5, 5.41) is 0. The number of halogens is 3. The van der Waals surface area contributed by atoms with Gasteiger partial charge in [0.2, 0.25) is 0 Å². The molecule has 0 radical (unpaired) electrons. The Balaban J connectivity index is 2.49. The molecule has 3 nitrogen and oxygen atoms in total. The van der Waals surface area contributed by atoms with E-state index in [1.165, 1.54) is 11.3 Å². The maximum absolute atomic E-state index is 6.05. The highest BCUT2D eigenvalue weighted by Gasteiger charge is 2.15. The molecule has 0 aliphatic carbocycles. The van der Waals surface area contributed by atoms with Crippen LogP contribution in [0.25, 0.3) is 10.7 Å². The fraction of sp³-hybridized carbons (Fsp3) is 0.333. The lowest BCUT2D eigenvalue weighted by molar-refractivity contribution is 0.633. The van der Waals surface area contributed by atoms with Crippen LogP contribution >= 0.6 is 54.8 Å². The summed E-state index contributed by atoms with van der Waals surface area (Å²) >= 11 is 14.3.